The molecule has 3 N–H and O–H groups in total. The van der Waals surface area contributed by atoms with Crippen molar-refractivity contribution in [3.8, 4) is 0 Å². The number of allylic oxidation sites excluding steroid dienone is 1. The van der Waals surface area contributed by atoms with Crippen LogP contribution in [-0.4, -0.2) is 29.7 Å². The van der Waals surface area contributed by atoms with Crippen molar-refractivity contribution in [2.45, 2.75) is 38.9 Å². The Balaban J connectivity index is 1.75. The standard InChI is InChI=1S/C23H27F3N4/c1-15(2)30-11-9-18(10-12-30)28-20-7-8-22(21(14-20)16(3)27)29-19-6-4-5-17(13-19)23(24,25)26/h4-8,13-14,18,27-29H,1,9-12H2,2-3H3. The summed E-state index contributed by atoms with van der Waals surface area (Å²) in [6, 6.07) is 11.0. The summed E-state index contributed by atoms with van der Waals surface area (Å²) in [5, 5.41) is 14.7. The molecule has 0 radical (unpaired) electrons. The van der Waals surface area contributed by atoms with Gasteiger partial charge >= 0.3 is 6.18 Å². The summed E-state index contributed by atoms with van der Waals surface area (Å²) < 4.78 is 38.9. The van der Waals surface area contributed by atoms with Gasteiger partial charge in [0.15, 0.2) is 0 Å². The highest BCUT2D eigenvalue weighted by Gasteiger charge is 2.30. The molecule has 160 valence electrons. The predicted molar refractivity (Wildman–Crippen MR) is 117 cm³/mol. The summed E-state index contributed by atoms with van der Waals surface area (Å²) in [7, 11) is 0. The van der Waals surface area contributed by atoms with E-state index in [1.807, 2.05) is 19.1 Å². The van der Waals surface area contributed by atoms with Gasteiger partial charge < -0.3 is 20.9 Å². The molecule has 0 unspecified atom stereocenters. The second-order valence-electron chi connectivity index (χ2n) is 7.73. The summed E-state index contributed by atoms with van der Waals surface area (Å²) in [4.78, 5) is 2.27. The molecule has 1 heterocycles. The van der Waals surface area contributed by atoms with Crippen LogP contribution in [-0.2, 0) is 6.18 Å². The van der Waals surface area contributed by atoms with Crippen molar-refractivity contribution >= 4 is 22.8 Å². The molecule has 1 aliphatic heterocycles. The van der Waals surface area contributed by atoms with Crippen LogP contribution in [0.15, 0.2) is 54.7 Å². The fraction of sp³-hybridized carbons (Fsp3) is 0.348. The van der Waals surface area contributed by atoms with Crippen molar-refractivity contribution in [3.05, 3.63) is 65.9 Å². The Morgan fingerprint density at radius 3 is 2.37 bits per heavy atom. The molecule has 3 rings (SSSR count). The summed E-state index contributed by atoms with van der Waals surface area (Å²) in [6.07, 6.45) is -2.41. The molecule has 0 saturated carbocycles. The maximum Gasteiger partial charge on any atom is 0.416 e. The van der Waals surface area contributed by atoms with E-state index in [1.165, 1.54) is 6.07 Å². The zero-order chi connectivity index (χ0) is 21.9. The Morgan fingerprint density at radius 2 is 1.77 bits per heavy atom. The van der Waals surface area contributed by atoms with Crippen molar-refractivity contribution in [1.29, 1.82) is 5.41 Å². The Bertz CT molecular complexity index is 928. The number of rotatable bonds is 6. The molecule has 1 fully saturated rings. The number of hydrogen-bond donors (Lipinski definition) is 3. The van der Waals surface area contributed by atoms with Gasteiger partial charge in [0.25, 0.3) is 0 Å². The van der Waals surface area contributed by atoms with Gasteiger partial charge in [0.2, 0.25) is 0 Å². The Kier molecular flexibility index (Phi) is 6.39. The first-order valence-electron chi connectivity index (χ1n) is 9.94. The predicted octanol–water partition coefficient (Wildman–Crippen LogP) is 6.25. The van der Waals surface area contributed by atoms with Crippen LogP contribution in [0.4, 0.5) is 30.2 Å². The highest BCUT2D eigenvalue weighted by molar-refractivity contribution is 6.03. The topological polar surface area (TPSA) is 51.1 Å². The third kappa shape index (κ3) is 5.34. The quantitative estimate of drug-likeness (QED) is 0.488. The first-order chi connectivity index (χ1) is 14.1. The molecule has 2 aromatic carbocycles. The van der Waals surface area contributed by atoms with E-state index in [1.54, 1.807) is 19.1 Å². The van der Waals surface area contributed by atoms with E-state index >= 15 is 0 Å². The number of alkyl halides is 3. The Morgan fingerprint density at radius 1 is 1.07 bits per heavy atom. The van der Waals surface area contributed by atoms with Crippen molar-refractivity contribution < 1.29 is 13.2 Å². The second-order valence-corrected chi connectivity index (χ2v) is 7.73. The number of hydrogen-bond acceptors (Lipinski definition) is 4. The fourth-order valence-corrected chi connectivity index (χ4v) is 3.62. The normalized spacial score (nSPS) is 15.0. The van der Waals surface area contributed by atoms with E-state index in [-0.39, 0.29) is 0 Å². The molecule has 2 aromatic rings. The minimum absolute atomic E-state index is 0.334. The van der Waals surface area contributed by atoms with Gasteiger partial charge in [-0.3, -0.25) is 0 Å². The van der Waals surface area contributed by atoms with E-state index < -0.39 is 11.7 Å². The minimum atomic E-state index is -4.40. The lowest BCUT2D eigenvalue weighted by atomic mass is 10.0. The van der Waals surface area contributed by atoms with Crippen molar-refractivity contribution in [2.24, 2.45) is 0 Å². The zero-order valence-corrected chi connectivity index (χ0v) is 17.2. The molecule has 30 heavy (non-hydrogen) atoms. The number of anilines is 3. The van der Waals surface area contributed by atoms with Gasteiger partial charge in [0.05, 0.1) is 5.56 Å². The number of likely N-dealkylation sites (tertiary alicyclic amines) is 1. The Hall–Kier alpha value is -2.96. The maximum absolute atomic E-state index is 13.0. The molecule has 1 saturated heterocycles. The lowest BCUT2D eigenvalue weighted by molar-refractivity contribution is -0.137. The highest BCUT2D eigenvalue weighted by Crippen LogP contribution is 2.32. The first-order valence-corrected chi connectivity index (χ1v) is 9.94. The molecule has 0 atom stereocenters. The molecule has 0 aromatic heterocycles. The SMILES string of the molecule is C=C(C)N1CCC(Nc2ccc(Nc3cccc(C(F)(F)F)c3)c(C(C)=N)c2)CC1. The van der Waals surface area contributed by atoms with E-state index in [2.05, 4.69) is 22.1 Å². The first kappa shape index (κ1) is 21.7. The summed E-state index contributed by atoms with van der Waals surface area (Å²) in [6.45, 7) is 9.59. The van der Waals surface area contributed by atoms with Gasteiger partial charge in [0, 0.05) is 53.2 Å². The van der Waals surface area contributed by atoms with Crippen LogP contribution in [0.5, 0.6) is 0 Å². The van der Waals surface area contributed by atoms with Gasteiger partial charge in [-0.05, 0) is 63.1 Å². The summed E-state index contributed by atoms with van der Waals surface area (Å²) in [5.41, 5.74) is 3.20. The smallest absolute Gasteiger partial charge is 0.382 e. The largest absolute Gasteiger partial charge is 0.416 e. The van der Waals surface area contributed by atoms with E-state index in [0.29, 0.717) is 28.7 Å². The van der Waals surface area contributed by atoms with Crippen LogP contribution >= 0.6 is 0 Å². The molecule has 0 spiro atoms. The average Bonchev–Trinajstić information content (AvgIpc) is 2.69. The molecule has 1 aliphatic rings. The lowest BCUT2D eigenvalue weighted by Crippen LogP contribution is -2.37. The minimum Gasteiger partial charge on any atom is -0.382 e. The van der Waals surface area contributed by atoms with E-state index in [4.69, 9.17) is 5.41 Å². The monoisotopic (exact) mass is 416 g/mol. The molecule has 0 aliphatic carbocycles. The van der Waals surface area contributed by atoms with Crippen LogP contribution < -0.4 is 10.6 Å². The van der Waals surface area contributed by atoms with Crippen LogP contribution in [0.25, 0.3) is 0 Å². The average molecular weight is 416 g/mol. The van der Waals surface area contributed by atoms with Crippen molar-refractivity contribution in [3.63, 3.8) is 0 Å². The highest BCUT2D eigenvalue weighted by atomic mass is 19.4. The third-order valence-electron chi connectivity index (χ3n) is 5.30. The molecular weight excluding hydrogens is 389 g/mol. The van der Waals surface area contributed by atoms with Gasteiger partial charge in [0.1, 0.15) is 0 Å². The van der Waals surface area contributed by atoms with Gasteiger partial charge in [-0.15, -0.1) is 0 Å². The van der Waals surface area contributed by atoms with Crippen molar-refractivity contribution in [2.75, 3.05) is 23.7 Å². The molecule has 7 heteroatoms. The summed E-state index contributed by atoms with van der Waals surface area (Å²) in [5.74, 6) is 0. The Labute approximate surface area is 175 Å². The number of nitrogens with one attached hydrogen (secondary N) is 3. The number of halogens is 3. The number of nitrogens with zero attached hydrogens (tertiary/aromatic N) is 1. The van der Waals surface area contributed by atoms with Crippen molar-refractivity contribution in [1.82, 2.24) is 4.90 Å². The maximum atomic E-state index is 13.0. The van der Waals surface area contributed by atoms with Gasteiger partial charge in [-0.2, -0.15) is 13.2 Å². The molecular formula is C23H27F3N4. The van der Waals surface area contributed by atoms with Crippen LogP contribution in [0.1, 0.15) is 37.8 Å². The summed E-state index contributed by atoms with van der Waals surface area (Å²) >= 11 is 0. The molecule has 0 bridgehead atoms. The van der Waals surface area contributed by atoms with Crippen LogP contribution in [0.3, 0.4) is 0 Å². The second kappa shape index (κ2) is 8.81. The van der Waals surface area contributed by atoms with Crippen LogP contribution in [0, 0.1) is 5.41 Å². The van der Waals surface area contributed by atoms with E-state index in [0.717, 1.165) is 49.4 Å². The van der Waals surface area contributed by atoms with E-state index in [9.17, 15) is 13.2 Å². The zero-order valence-electron chi connectivity index (χ0n) is 17.2. The number of piperidine rings is 1. The van der Waals surface area contributed by atoms with Crippen LogP contribution in [0.2, 0.25) is 0 Å². The molecule has 4 nitrogen and oxygen atoms in total. The lowest BCUT2D eigenvalue weighted by Gasteiger charge is -2.34. The van der Waals surface area contributed by atoms with Gasteiger partial charge in [-0.1, -0.05) is 12.6 Å². The third-order valence-corrected chi connectivity index (χ3v) is 5.30. The van der Waals surface area contributed by atoms with Gasteiger partial charge in [-0.25, -0.2) is 0 Å². The fourth-order valence-electron chi connectivity index (χ4n) is 3.62. The molecule has 0 amide bonds. The number of benzene rings is 2.